The van der Waals surface area contributed by atoms with Crippen LogP contribution in [0.4, 0.5) is 5.69 Å². The number of carboxylic acid groups (broad SMARTS) is 1. The first kappa shape index (κ1) is 19.9. The SMILES string of the molecule is CC(C)c1ccc(CN2C(=O)[C@@H](N[C@@H](C)C(=O)O)COc3ccccc32)cc1. The highest BCUT2D eigenvalue weighted by Gasteiger charge is 2.33. The summed E-state index contributed by atoms with van der Waals surface area (Å²) in [5, 5.41) is 12.1. The summed E-state index contributed by atoms with van der Waals surface area (Å²) in [5.74, 6) is -0.160. The summed E-state index contributed by atoms with van der Waals surface area (Å²) >= 11 is 0. The molecule has 2 atom stereocenters. The summed E-state index contributed by atoms with van der Waals surface area (Å²) in [6.45, 7) is 6.26. The zero-order valence-electron chi connectivity index (χ0n) is 16.4. The van der Waals surface area contributed by atoms with Gasteiger partial charge in [0.05, 0.1) is 12.2 Å². The monoisotopic (exact) mass is 382 g/mol. The van der Waals surface area contributed by atoms with Crippen LogP contribution < -0.4 is 15.0 Å². The maximum Gasteiger partial charge on any atom is 0.320 e. The maximum absolute atomic E-state index is 13.2. The minimum atomic E-state index is -1.01. The first-order valence-electron chi connectivity index (χ1n) is 9.47. The third-order valence-electron chi connectivity index (χ3n) is 4.93. The minimum absolute atomic E-state index is 0.0796. The Balaban J connectivity index is 1.89. The van der Waals surface area contributed by atoms with E-state index in [0.29, 0.717) is 23.9 Å². The van der Waals surface area contributed by atoms with Crippen LogP contribution in [0.2, 0.25) is 0 Å². The van der Waals surface area contributed by atoms with Crippen LogP contribution in [0, 0.1) is 0 Å². The van der Waals surface area contributed by atoms with Crippen molar-refractivity contribution in [2.75, 3.05) is 11.5 Å². The number of carboxylic acids is 1. The van der Waals surface area contributed by atoms with Gasteiger partial charge in [0.1, 0.15) is 24.4 Å². The van der Waals surface area contributed by atoms with Crippen LogP contribution in [0.5, 0.6) is 5.75 Å². The van der Waals surface area contributed by atoms with Crippen LogP contribution in [0.1, 0.15) is 37.8 Å². The lowest BCUT2D eigenvalue weighted by Gasteiger charge is -2.26. The average Bonchev–Trinajstić information content (AvgIpc) is 2.80. The number of nitrogens with zero attached hydrogens (tertiary/aromatic N) is 1. The molecule has 0 aromatic heterocycles. The van der Waals surface area contributed by atoms with E-state index in [0.717, 1.165) is 5.56 Å². The molecule has 28 heavy (non-hydrogen) atoms. The number of benzene rings is 2. The molecule has 6 heteroatoms. The fourth-order valence-electron chi connectivity index (χ4n) is 3.20. The largest absolute Gasteiger partial charge is 0.489 e. The molecule has 2 aromatic carbocycles. The number of para-hydroxylation sites is 2. The number of amides is 1. The Morgan fingerprint density at radius 2 is 1.86 bits per heavy atom. The van der Waals surface area contributed by atoms with Crippen molar-refractivity contribution in [2.24, 2.45) is 0 Å². The van der Waals surface area contributed by atoms with Crippen LogP contribution >= 0.6 is 0 Å². The van der Waals surface area contributed by atoms with E-state index in [1.54, 1.807) is 4.90 Å². The molecule has 0 saturated carbocycles. The lowest BCUT2D eigenvalue weighted by molar-refractivity contribution is -0.139. The smallest absolute Gasteiger partial charge is 0.320 e. The summed E-state index contributed by atoms with van der Waals surface area (Å²) in [4.78, 5) is 26.1. The van der Waals surface area contributed by atoms with Gasteiger partial charge < -0.3 is 14.7 Å². The molecule has 0 spiro atoms. The van der Waals surface area contributed by atoms with Gasteiger partial charge >= 0.3 is 5.97 Å². The number of ether oxygens (including phenoxy) is 1. The molecule has 0 aliphatic carbocycles. The average molecular weight is 382 g/mol. The van der Waals surface area contributed by atoms with Gasteiger partial charge in [-0.3, -0.25) is 14.9 Å². The highest BCUT2D eigenvalue weighted by Crippen LogP contribution is 2.32. The first-order chi connectivity index (χ1) is 13.4. The molecule has 0 unspecified atom stereocenters. The van der Waals surface area contributed by atoms with Gasteiger partial charge in [0.15, 0.2) is 0 Å². The molecular weight excluding hydrogens is 356 g/mol. The summed E-state index contributed by atoms with van der Waals surface area (Å²) in [5.41, 5.74) is 2.93. The molecule has 1 amide bonds. The van der Waals surface area contributed by atoms with Crippen molar-refractivity contribution in [1.29, 1.82) is 0 Å². The third-order valence-corrected chi connectivity index (χ3v) is 4.93. The molecule has 0 radical (unpaired) electrons. The number of hydrogen-bond donors (Lipinski definition) is 2. The van der Waals surface area contributed by atoms with Crippen LogP contribution in [-0.2, 0) is 16.1 Å². The normalized spacial score (nSPS) is 17.6. The van der Waals surface area contributed by atoms with Crippen molar-refractivity contribution in [3.63, 3.8) is 0 Å². The van der Waals surface area contributed by atoms with Crippen molar-refractivity contribution in [2.45, 2.75) is 45.3 Å². The predicted molar refractivity (Wildman–Crippen MR) is 108 cm³/mol. The fourth-order valence-corrected chi connectivity index (χ4v) is 3.20. The third kappa shape index (κ3) is 4.34. The van der Waals surface area contributed by atoms with E-state index in [4.69, 9.17) is 4.74 Å². The van der Waals surface area contributed by atoms with Gasteiger partial charge in [-0.2, -0.15) is 0 Å². The number of carbonyl (C=O) groups excluding carboxylic acids is 1. The fraction of sp³-hybridized carbons (Fsp3) is 0.364. The lowest BCUT2D eigenvalue weighted by atomic mass is 10.0. The van der Waals surface area contributed by atoms with Crippen molar-refractivity contribution in [3.05, 3.63) is 59.7 Å². The highest BCUT2D eigenvalue weighted by atomic mass is 16.5. The van der Waals surface area contributed by atoms with Gasteiger partial charge in [0.25, 0.3) is 0 Å². The molecule has 2 N–H and O–H groups in total. The zero-order valence-corrected chi connectivity index (χ0v) is 16.4. The van der Waals surface area contributed by atoms with Gasteiger partial charge in [0.2, 0.25) is 5.91 Å². The molecule has 148 valence electrons. The van der Waals surface area contributed by atoms with Gasteiger partial charge in [0, 0.05) is 0 Å². The number of fused-ring (bicyclic) bond motifs is 1. The lowest BCUT2D eigenvalue weighted by Crippen LogP contribution is -2.52. The quantitative estimate of drug-likeness (QED) is 0.802. The summed E-state index contributed by atoms with van der Waals surface area (Å²) < 4.78 is 5.81. The van der Waals surface area contributed by atoms with Gasteiger partial charge in [-0.25, -0.2) is 0 Å². The van der Waals surface area contributed by atoms with Crippen molar-refractivity contribution in [1.82, 2.24) is 5.32 Å². The van der Waals surface area contributed by atoms with E-state index in [9.17, 15) is 14.7 Å². The van der Waals surface area contributed by atoms with Crippen molar-refractivity contribution < 1.29 is 19.4 Å². The maximum atomic E-state index is 13.2. The van der Waals surface area contributed by atoms with E-state index in [1.165, 1.54) is 12.5 Å². The van der Waals surface area contributed by atoms with Crippen LogP contribution in [0.25, 0.3) is 0 Å². The Labute approximate surface area is 165 Å². The number of nitrogens with one attached hydrogen (secondary N) is 1. The Hall–Kier alpha value is -2.86. The zero-order chi connectivity index (χ0) is 20.3. The van der Waals surface area contributed by atoms with Crippen LogP contribution in [0.3, 0.4) is 0 Å². The Bertz CT molecular complexity index is 848. The van der Waals surface area contributed by atoms with Gasteiger partial charge in [-0.05, 0) is 36.1 Å². The molecule has 0 fully saturated rings. The van der Waals surface area contributed by atoms with E-state index in [2.05, 4.69) is 31.3 Å². The molecule has 0 saturated heterocycles. The molecule has 2 aromatic rings. The molecule has 6 nitrogen and oxygen atoms in total. The Morgan fingerprint density at radius 1 is 1.18 bits per heavy atom. The summed E-state index contributed by atoms with van der Waals surface area (Å²) in [7, 11) is 0. The molecule has 1 aliphatic heterocycles. The van der Waals surface area contributed by atoms with Crippen molar-refractivity contribution in [3.8, 4) is 5.75 Å². The minimum Gasteiger partial charge on any atom is -0.489 e. The van der Waals surface area contributed by atoms with Crippen molar-refractivity contribution >= 4 is 17.6 Å². The summed E-state index contributed by atoms with van der Waals surface area (Å²) in [6, 6.07) is 14.0. The highest BCUT2D eigenvalue weighted by molar-refractivity contribution is 5.99. The first-order valence-corrected chi connectivity index (χ1v) is 9.47. The predicted octanol–water partition coefficient (Wildman–Crippen LogP) is 3.17. The summed E-state index contributed by atoms with van der Waals surface area (Å²) in [6.07, 6.45) is 0. The van der Waals surface area contributed by atoms with Crippen LogP contribution in [-0.4, -0.2) is 35.7 Å². The Morgan fingerprint density at radius 3 is 2.50 bits per heavy atom. The van der Waals surface area contributed by atoms with E-state index < -0.39 is 18.1 Å². The van der Waals surface area contributed by atoms with E-state index in [-0.39, 0.29) is 12.5 Å². The Kier molecular flexibility index (Phi) is 5.99. The standard InChI is InChI=1S/C22H26N2O4/c1-14(2)17-10-8-16(9-11-17)12-24-19-6-4-5-7-20(19)28-13-18(21(24)25)23-15(3)22(26)27/h4-11,14-15,18,23H,12-13H2,1-3H3,(H,26,27)/t15-,18-/m0/s1. The number of aliphatic carboxylic acids is 1. The number of hydrogen-bond acceptors (Lipinski definition) is 4. The second-order valence-electron chi connectivity index (χ2n) is 7.38. The van der Waals surface area contributed by atoms with E-state index in [1.807, 2.05) is 36.4 Å². The van der Waals surface area contributed by atoms with E-state index >= 15 is 0 Å². The topological polar surface area (TPSA) is 78.9 Å². The molecule has 1 heterocycles. The molecule has 0 bridgehead atoms. The van der Waals surface area contributed by atoms with Gasteiger partial charge in [-0.15, -0.1) is 0 Å². The van der Waals surface area contributed by atoms with Gasteiger partial charge in [-0.1, -0.05) is 50.2 Å². The number of carbonyl (C=O) groups is 2. The molecule has 3 rings (SSSR count). The van der Waals surface area contributed by atoms with Crippen LogP contribution in [0.15, 0.2) is 48.5 Å². The second kappa shape index (κ2) is 8.44. The number of anilines is 1. The second-order valence-corrected chi connectivity index (χ2v) is 7.38. The molecular formula is C22H26N2O4. The molecule has 1 aliphatic rings. The number of rotatable bonds is 6.